The topological polar surface area (TPSA) is 20.2 Å². The minimum absolute atomic E-state index is 0.0122. The smallest absolute Gasteiger partial charge is 0.0543 e. The lowest BCUT2D eigenvalue weighted by atomic mass is 9.49. The normalized spacial score (nSPS) is 52.9. The molecule has 3 fully saturated rings. The number of hydrogen-bond donors (Lipinski definition) is 1. The average Bonchev–Trinajstić information content (AvgIpc) is 2.31. The van der Waals surface area contributed by atoms with Gasteiger partial charge in [0.25, 0.3) is 0 Å². The Morgan fingerprint density at radius 2 is 1.81 bits per heavy atom. The molecule has 0 heterocycles. The average molecular weight is 222 g/mol. The zero-order valence-electron chi connectivity index (χ0n) is 10.6. The summed E-state index contributed by atoms with van der Waals surface area (Å²) in [4.78, 5) is 0. The standard InChI is InChI=1S/C15H26O/c1-15-9-8-13(16)10-12(15)7-6-11-4-2-3-5-14(11)15/h11-14,16H,2-10H2,1H3/t11-,12-,13-,14+,15+/m1/s1. The first-order chi connectivity index (χ1) is 7.70. The van der Waals surface area contributed by atoms with Crippen molar-refractivity contribution in [2.24, 2.45) is 23.2 Å². The molecule has 1 nitrogen and oxygen atoms in total. The van der Waals surface area contributed by atoms with E-state index in [0.29, 0.717) is 5.41 Å². The van der Waals surface area contributed by atoms with Crippen molar-refractivity contribution in [2.75, 3.05) is 0 Å². The fourth-order valence-corrected chi connectivity index (χ4v) is 5.17. The van der Waals surface area contributed by atoms with Crippen LogP contribution in [0.3, 0.4) is 0 Å². The van der Waals surface area contributed by atoms with Gasteiger partial charge in [-0.2, -0.15) is 0 Å². The maximum absolute atomic E-state index is 9.86. The Labute approximate surface area is 99.6 Å². The van der Waals surface area contributed by atoms with Gasteiger partial charge in [0.1, 0.15) is 0 Å². The van der Waals surface area contributed by atoms with E-state index in [2.05, 4.69) is 6.92 Å². The summed E-state index contributed by atoms with van der Waals surface area (Å²) in [5, 5.41) is 9.86. The first-order valence-electron chi connectivity index (χ1n) is 7.38. The number of aliphatic hydroxyl groups is 1. The Kier molecular flexibility index (Phi) is 2.78. The van der Waals surface area contributed by atoms with Crippen molar-refractivity contribution in [3.8, 4) is 0 Å². The van der Waals surface area contributed by atoms with E-state index in [4.69, 9.17) is 0 Å². The molecule has 16 heavy (non-hydrogen) atoms. The van der Waals surface area contributed by atoms with Crippen molar-refractivity contribution in [3.05, 3.63) is 0 Å². The minimum atomic E-state index is 0.0122. The highest BCUT2D eigenvalue weighted by molar-refractivity contribution is 5.00. The van der Waals surface area contributed by atoms with Gasteiger partial charge in [0.15, 0.2) is 0 Å². The Balaban J connectivity index is 1.82. The predicted octanol–water partition coefficient (Wildman–Crippen LogP) is 3.75. The number of fused-ring (bicyclic) bond motifs is 3. The van der Waals surface area contributed by atoms with Crippen LogP contribution in [0.1, 0.15) is 64.7 Å². The third kappa shape index (κ3) is 1.63. The molecule has 3 saturated carbocycles. The van der Waals surface area contributed by atoms with Gasteiger partial charge in [-0.05, 0) is 61.7 Å². The molecule has 3 rings (SSSR count). The van der Waals surface area contributed by atoms with Gasteiger partial charge in [-0.25, -0.2) is 0 Å². The largest absolute Gasteiger partial charge is 0.393 e. The van der Waals surface area contributed by atoms with Gasteiger partial charge in [-0.1, -0.05) is 26.2 Å². The molecule has 0 spiro atoms. The molecule has 3 aliphatic carbocycles. The van der Waals surface area contributed by atoms with Gasteiger partial charge in [0.2, 0.25) is 0 Å². The molecular weight excluding hydrogens is 196 g/mol. The van der Waals surface area contributed by atoms with Crippen molar-refractivity contribution in [1.82, 2.24) is 0 Å². The van der Waals surface area contributed by atoms with Gasteiger partial charge in [0, 0.05) is 0 Å². The molecular formula is C15H26O. The highest BCUT2D eigenvalue weighted by Crippen LogP contribution is 2.58. The minimum Gasteiger partial charge on any atom is -0.393 e. The molecule has 0 aliphatic heterocycles. The Morgan fingerprint density at radius 1 is 1.00 bits per heavy atom. The quantitative estimate of drug-likeness (QED) is 0.662. The molecule has 0 aromatic heterocycles. The van der Waals surface area contributed by atoms with Gasteiger partial charge in [0.05, 0.1) is 6.10 Å². The van der Waals surface area contributed by atoms with E-state index in [0.717, 1.165) is 30.6 Å². The molecule has 0 bridgehead atoms. The fraction of sp³-hybridized carbons (Fsp3) is 1.00. The first-order valence-corrected chi connectivity index (χ1v) is 7.38. The monoisotopic (exact) mass is 222 g/mol. The maximum Gasteiger partial charge on any atom is 0.0543 e. The zero-order chi connectivity index (χ0) is 11.2. The fourth-order valence-electron chi connectivity index (χ4n) is 5.17. The highest BCUT2D eigenvalue weighted by Gasteiger charge is 2.50. The lowest BCUT2D eigenvalue weighted by Gasteiger charge is -2.56. The lowest BCUT2D eigenvalue weighted by molar-refractivity contribution is -0.0838. The van der Waals surface area contributed by atoms with Crippen molar-refractivity contribution in [3.63, 3.8) is 0 Å². The van der Waals surface area contributed by atoms with Crippen LogP contribution in [0.2, 0.25) is 0 Å². The van der Waals surface area contributed by atoms with Gasteiger partial charge < -0.3 is 5.11 Å². The first kappa shape index (κ1) is 11.1. The number of rotatable bonds is 0. The summed E-state index contributed by atoms with van der Waals surface area (Å²) < 4.78 is 0. The second-order valence-corrected chi connectivity index (χ2v) is 6.86. The van der Waals surface area contributed by atoms with E-state index in [-0.39, 0.29) is 6.10 Å². The Morgan fingerprint density at radius 3 is 2.69 bits per heavy atom. The summed E-state index contributed by atoms with van der Waals surface area (Å²) >= 11 is 0. The van der Waals surface area contributed by atoms with Crippen LogP contribution in [0.4, 0.5) is 0 Å². The highest BCUT2D eigenvalue weighted by atomic mass is 16.3. The number of aliphatic hydroxyl groups excluding tert-OH is 1. The van der Waals surface area contributed by atoms with Crippen molar-refractivity contribution >= 4 is 0 Å². The van der Waals surface area contributed by atoms with Crippen LogP contribution in [0, 0.1) is 23.2 Å². The summed E-state index contributed by atoms with van der Waals surface area (Å²) in [6, 6.07) is 0. The molecule has 1 heteroatoms. The van der Waals surface area contributed by atoms with Crippen LogP contribution < -0.4 is 0 Å². The van der Waals surface area contributed by atoms with Gasteiger partial charge in [-0.15, -0.1) is 0 Å². The van der Waals surface area contributed by atoms with Crippen LogP contribution >= 0.6 is 0 Å². The molecule has 0 radical (unpaired) electrons. The third-order valence-corrected chi connectivity index (χ3v) is 6.15. The predicted molar refractivity (Wildman–Crippen MR) is 66.1 cm³/mol. The molecule has 0 amide bonds. The summed E-state index contributed by atoms with van der Waals surface area (Å²) in [6.07, 6.45) is 12.2. The molecule has 3 aliphatic rings. The van der Waals surface area contributed by atoms with E-state index in [1.54, 1.807) is 0 Å². The van der Waals surface area contributed by atoms with Crippen LogP contribution in [0.15, 0.2) is 0 Å². The van der Waals surface area contributed by atoms with E-state index in [9.17, 15) is 5.11 Å². The molecule has 0 unspecified atom stereocenters. The molecule has 5 atom stereocenters. The van der Waals surface area contributed by atoms with E-state index < -0.39 is 0 Å². The van der Waals surface area contributed by atoms with Gasteiger partial charge in [-0.3, -0.25) is 0 Å². The molecule has 0 aromatic carbocycles. The Bertz CT molecular complexity index is 262. The van der Waals surface area contributed by atoms with E-state index >= 15 is 0 Å². The second kappa shape index (κ2) is 4.01. The molecule has 0 saturated heterocycles. The van der Waals surface area contributed by atoms with Crippen molar-refractivity contribution in [2.45, 2.75) is 70.8 Å². The van der Waals surface area contributed by atoms with Crippen molar-refractivity contribution < 1.29 is 5.11 Å². The number of hydrogen-bond acceptors (Lipinski definition) is 1. The van der Waals surface area contributed by atoms with Gasteiger partial charge >= 0.3 is 0 Å². The van der Waals surface area contributed by atoms with Crippen LogP contribution in [-0.2, 0) is 0 Å². The lowest BCUT2D eigenvalue weighted by Crippen LogP contribution is -2.48. The van der Waals surface area contributed by atoms with Crippen molar-refractivity contribution in [1.29, 1.82) is 0 Å². The van der Waals surface area contributed by atoms with Crippen LogP contribution in [0.25, 0.3) is 0 Å². The SMILES string of the molecule is C[C@]12CC[C@@H](O)C[C@H]1CC[C@H]1CCCC[C@@H]12. The maximum atomic E-state index is 9.86. The molecule has 0 aromatic rings. The van der Waals surface area contributed by atoms with E-state index in [1.807, 2.05) is 0 Å². The van der Waals surface area contributed by atoms with Crippen LogP contribution in [0.5, 0.6) is 0 Å². The summed E-state index contributed by atoms with van der Waals surface area (Å²) in [5.74, 6) is 2.85. The van der Waals surface area contributed by atoms with Crippen LogP contribution in [-0.4, -0.2) is 11.2 Å². The zero-order valence-corrected chi connectivity index (χ0v) is 10.6. The second-order valence-electron chi connectivity index (χ2n) is 6.86. The summed E-state index contributed by atoms with van der Waals surface area (Å²) in [6.45, 7) is 2.55. The summed E-state index contributed by atoms with van der Waals surface area (Å²) in [5.41, 5.74) is 0.586. The third-order valence-electron chi connectivity index (χ3n) is 6.15. The Hall–Kier alpha value is -0.0400. The molecule has 92 valence electrons. The summed E-state index contributed by atoms with van der Waals surface area (Å²) in [7, 11) is 0. The molecule has 1 N–H and O–H groups in total. The van der Waals surface area contributed by atoms with E-state index in [1.165, 1.54) is 44.9 Å².